The van der Waals surface area contributed by atoms with E-state index in [0.717, 1.165) is 26.9 Å². The van der Waals surface area contributed by atoms with Crippen LogP contribution in [0.4, 0.5) is 0 Å². The molecular weight excluding hydrogens is 476 g/mol. The van der Waals surface area contributed by atoms with E-state index in [4.69, 9.17) is 11.6 Å². The van der Waals surface area contributed by atoms with Crippen molar-refractivity contribution in [1.82, 2.24) is 10.3 Å². The molecule has 0 bridgehead atoms. The lowest BCUT2D eigenvalue weighted by Gasteiger charge is -2.43. The van der Waals surface area contributed by atoms with Gasteiger partial charge in [-0.2, -0.15) is 0 Å². The molecule has 3 unspecified atom stereocenters. The summed E-state index contributed by atoms with van der Waals surface area (Å²) < 4.78 is 0. The van der Waals surface area contributed by atoms with Gasteiger partial charge in [-0.25, -0.2) is 0 Å². The Kier molecular flexibility index (Phi) is 7.72. The Bertz CT molecular complexity index is 1360. The molecular formula is C29H31ClN2O2S. The van der Waals surface area contributed by atoms with Crippen LogP contribution in [0.1, 0.15) is 48.9 Å². The van der Waals surface area contributed by atoms with Gasteiger partial charge < -0.3 is 15.4 Å². The zero-order chi connectivity index (χ0) is 23.7. The summed E-state index contributed by atoms with van der Waals surface area (Å²) in [6.07, 6.45) is 3.06. The summed E-state index contributed by atoms with van der Waals surface area (Å²) >= 11 is 7.85. The third-order valence-electron chi connectivity index (χ3n) is 6.84. The lowest BCUT2D eigenvalue weighted by Crippen LogP contribution is -2.49. The quantitative estimate of drug-likeness (QED) is 0.269. The minimum absolute atomic E-state index is 0. The van der Waals surface area contributed by atoms with Crippen LogP contribution in [-0.2, 0) is 0 Å². The summed E-state index contributed by atoms with van der Waals surface area (Å²) in [6, 6.07) is 25.6. The zero-order valence-electron chi connectivity index (χ0n) is 18.9. The van der Waals surface area contributed by atoms with Crippen molar-refractivity contribution < 1.29 is 5.11 Å². The molecule has 1 aromatic heterocycles. The maximum absolute atomic E-state index is 13.4. The van der Waals surface area contributed by atoms with Gasteiger partial charge in [-0.3, -0.25) is 4.79 Å². The highest BCUT2D eigenvalue weighted by molar-refractivity contribution is 7.98. The number of rotatable bonds is 5. The van der Waals surface area contributed by atoms with E-state index in [-0.39, 0.29) is 19.0 Å². The van der Waals surface area contributed by atoms with Crippen LogP contribution in [0.25, 0.3) is 10.9 Å². The van der Waals surface area contributed by atoms with Gasteiger partial charge in [-0.1, -0.05) is 61.5 Å². The van der Waals surface area contributed by atoms with Crippen LogP contribution >= 0.6 is 23.4 Å². The molecule has 0 spiro atoms. The summed E-state index contributed by atoms with van der Waals surface area (Å²) in [5, 5.41) is 17.3. The van der Waals surface area contributed by atoms with Crippen LogP contribution in [-0.4, -0.2) is 28.5 Å². The molecule has 3 atom stereocenters. The molecule has 1 aliphatic rings. The number of aromatic nitrogens is 1. The monoisotopic (exact) mass is 506 g/mol. The van der Waals surface area contributed by atoms with Gasteiger partial charge in [-0.05, 0) is 78.6 Å². The summed E-state index contributed by atoms with van der Waals surface area (Å²) in [4.78, 5) is 17.6. The van der Waals surface area contributed by atoms with Gasteiger partial charge in [0.1, 0.15) is 0 Å². The molecule has 1 fully saturated rings. The van der Waals surface area contributed by atoms with E-state index >= 15 is 0 Å². The number of H-pyrrole nitrogens is 1. The third-order valence-corrected chi connectivity index (χ3v) is 7.82. The molecule has 2 heterocycles. The summed E-state index contributed by atoms with van der Waals surface area (Å²) in [6.45, 7) is 0.655. The summed E-state index contributed by atoms with van der Waals surface area (Å²) in [5.74, 6) is -0.496. The fourth-order valence-electron chi connectivity index (χ4n) is 5.15. The van der Waals surface area contributed by atoms with Gasteiger partial charge in [0.2, 0.25) is 0 Å². The van der Waals surface area contributed by atoms with Gasteiger partial charge in [0.05, 0.1) is 5.60 Å². The van der Waals surface area contributed by atoms with Crippen LogP contribution in [0.2, 0.25) is 5.02 Å². The predicted octanol–water partition coefficient (Wildman–Crippen LogP) is 6.53. The molecule has 6 heteroatoms. The number of piperidine rings is 1. The largest absolute Gasteiger partial charge is 0.389 e. The number of thioether (sulfide) groups is 1. The fourth-order valence-corrected chi connectivity index (χ4v) is 5.73. The molecule has 4 nitrogen and oxygen atoms in total. The van der Waals surface area contributed by atoms with Crippen molar-refractivity contribution in [3.05, 3.63) is 111 Å². The molecule has 3 aromatic carbocycles. The van der Waals surface area contributed by atoms with Crippen LogP contribution in [0, 0.1) is 0 Å². The Morgan fingerprint density at radius 2 is 1.80 bits per heavy atom. The van der Waals surface area contributed by atoms with Crippen molar-refractivity contribution in [2.45, 2.75) is 42.7 Å². The zero-order valence-corrected chi connectivity index (χ0v) is 20.5. The summed E-state index contributed by atoms with van der Waals surface area (Å²) in [7, 11) is 0. The first-order valence-corrected chi connectivity index (χ1v) is 13.0. The number of nitrogens with one attached hydrogen (secondary N) is 2. The Labute approximate surface area is 215 Å². The number of hydrogen-bond donors (Lipinski definition) is 3. The standard InChI is InChI=1S/C28H27ClN2O2S.CH4/c1-34-22-11-12-24-20(15-22)16-23(27(32)31-24)26(19-7-9-21(29)10-8-19)28(33)13-14-30-25(17-28)18-5-3-2-4-6-18;/h2-12,15-16,25-26,30,33H,13-14,17H2,1H3,(H,31,32);1H4. The maximum atomic E-state index is 13.4. The van der Waals surface area contributed by atoms with Crippen molar-refractivity contribution >= 4 is 34.3 Å². The highest BCUT2D eigenvalue weighted by Gasteiger charge is 2.44. The molecule has 0 amide bonds. The predicted molar refractivity (Wildman–Crippen MR) is 148 cm³/mol. The van der Waals surface area contributed by atoms with Crippen LogP contribution in [0.3, 0.4) is 0 Å². The number of aromatic amines is 1. The molecule has 0 aliphatic carbocycles. The summed E-state index contributed by atoms with van der Waals surface area (Å²) in [5.41, 5.74) is 2.09. The molecule has 0 saturated carbocycles. The lowest BCUT2D eigenvalue weighted by molar-refractivity contribution is -0.0193. The van der Waals surface area contributed by atoms with Crippen molar-refractivity contribution in [2.75, 3.05) is 12.8 Å². The third kappa shape index (κ3) is 5.19. The van der Waals surface area contributed by atoms with E-state index in [1.165, 1.54) is 0 Å². The molecule has 1 saturated heterocycles. The Balaban J connectivity index is 0.00000289. The second kappa shape index (κ2) is 10.6. The number of fused-ring (bicyclic) bond motifs is 1. The van der Waals surface area contributed by atoms with E-state index in [1.54, 1.807) is 11.8 Å². The molecule has 0 radical (unpaired) electrons. The Hall–Kier alpha value is -2.57. The molecule has 1 aliphatic heterocycles. The van der Waals surface area contributed by atoms with Crippen LogP contribution in [0.15, 0.2) is 88.6 Å². The second-order valence-corrected chi connectivity index (χ2v) is 10.3. The van der Waals surface area contributed by atoms with Gasteiger partial charge in [-0.15, -0.1) is 11.8 Å². The van der Waals surface area contributed by atoms with Gasteiger partial charge in [0.25, 0.3) is 5.56 Å². The number of pyridine rings is 1. The average Bonchev–Trinajstić information content (AvgIpc) is 2.86. The second-order valence-electron chi connectivity index (χ2n) is 8.97. The van der Waals surface area contributed by atoms with Gasteiger partial charge in [0, 0.05) is 33.0 Å². The van der Waals surface area contributed by atoms with E-state index in [2.05, 4.69) is 28.5 Å². The number of benzene rings is 3. The maximum Gasteiger partial charge on any atom is 0.252 e. The van der Waals surface area contributed by atoms with Crippen molar-refractivity contribution in [2.24, 2.45) is 0 Å². The van der Waals surface area contributed by atoms with Crippen molar-refractivity contribution in [1.29, 1.82) is 0 Å². The van der Waals surface area contributed by atoms with Crippen molar-refractivity contribution in [3.63, 3.8) is 0 Å². The first kappa shape index (κ1) is 25.5. The molecule has 3 N–H and O–H groups in total. The lowest BCUT2D eigenvalue weighted by atomic mass is 9.70. The molecule has 5 rings (SSSR count). The first-order chi connectivity index (χ1) is 16.5. The first-order valence-electron chi connectivity index (χ1n) is 11.4. The van der Waals surface area contributed by atoms with Gasteiger partial charge >= 0.3 is 0 Å². The molecule has 182 valence electrons. The normalized spacial score (nSPS) is 20.8. The number of hydrogen-bond acceptors (Lipinski definition) is 4. The topological polar surface area (TPSA) is 65.1 Å². The van der Waals surface area contributed by atoms with E-state index < -0.39 is 11.5 Å². The minimum Gasteiger partial charge on any atom is -0.389 e. The van der Waals surface area contributed by atoms with Crippen LogP contribution < -0.4 is 10.9 Å². The Morgan fingerprint density at radius 1 is 1.06 bits per heavy atom. The smallest absolute Gasteiger partial charge is 0.252 e. The minimum atomic E-state index is -1.11. The fraction of sp³-hybridized carbons (Fsp3) is 0.276. The average molecular weight is 507 g/mol. The van der Waals surface area contributed by atoms with E-state index in [1.807, 2.05) is 66.9 Å². The molecule has 4 aromatic rings. The van der Waals surface area contributed by atoms with Gasteiger partial charge in [0.15, 0.2) is 0 Å². The number of aliphatic hydroxyl groups is 1. The Morgan fingerprint density at radius 3 is 2.51 bits per heavy atom. The SMILES string of the molecule is C.CSc1ccc2[nH]c(=O)c(C(c3ccc(Cl)cc3)C3(O)CCNC(c4ccccc4)C3)cc2c1. The van der Waals surface area contributed by atoms with E-state index in [0.29, 0.717) is 30.0 Å². The highest BCUT2D eigenvalue weighted by Crippen LogP contribution is 2.44. The van der Waals surface area contributed by atoms with E-state index in [9.17, 15) is 9.90 Å². The van der Waals surface area contributed by atoms with Crippen molar-refractivity contribution in [3.8, 4) is 0 Å². The highest BCUT2D eigenvalue weighted by atomic mass is 35.5. The molecule has 35 heavy (non-hydrogen) atoms. The number of halogens is 1. The van der Waals surface area contributed by atoms with Crippen LogP contribution in [0.5, 0.6) is 0 Å².